The lowest BCUT2D eigenvalue weighted by Crippen LogP contribution is -2.29. The Bertz CT molecular complexity index is 497. The average Bonchev–Trinajstić information content (AvgIpc) is 2.73. The van der Waals surface area contributed by atoms with Crippen LogP contribution in [0.15, 0.2) is 24.4 Å². The molecule has 84 valence electrons. The number of nitrogens with two attached hydrogens (primary N) is 1. The summed E-state index contributed by atoms with van der Waals surface area (Å²) in [6.07, 6.45) is 4.22. The van der Waals surface area contributed by atoms with Crippen LogP contribution in [0.5, 0.6) is 0 Å². The lowest BCUT2D eigenvalue weighted by Gasteiger charge is -2.23. The van der Waals surface area contributed by atoms with E-state index in [0.29, 0.717) is 6.04 Å². The van der Waals surface area contributed by atoms with Crippen LogP contribution in [0, 0.1) is 0 Å². The molecule has 4 heteroatoms. The maximum absolute atomic E-state index is 5.76. The highest BCUT2D eigenvalue weighted by Crippen LogP contribution is 2.24. The van der Waals surface area contributed by atoms with Gasteiger partial charge in [-0.1, -0.05) is 0 Å². The van der Waals surface area contributed by atoms with Gasteiger partial charge in [-0.2, -0.15) is 5.10 Å². The van der Waals surface area contributed by atoms with Crippen molar-refractivity contribution in [1.29, 1.82) is 0 Å². The van der Waals surface area contributed by atoms with E-state index in [1.165, 1.54) is 5.52 Å². The Morgan fingerprint density at radius 1 is 1.31 bits per heavy atom. The molecule has 0 atom stereocenters. The van der Waals surface area contributed by atoms with Gasteiger partial charge in [0.05, 0.1) is 17.8 Å². The van der Waals surface area contributed by atoms with Crippen molar-refractivity contribution in [2.75, 3.05) is 18.8 Å². The van der Waals surface area contributed by atoms with E-state index in [1.54, 1.807) is 0 Å². The van der Waals surface area contributed by atoms with Gasteiger partial charge in [-0.3, -0.25) is 4.68 Å². The van der Waals surface area contributed by atoms with Crippen molar-refractivity contribution in [1.82, 2.24) is 15.1 Å². The maximum atomic E-state index is 5.76. The number of nitrogens with one attached hydrogen (secondary N) is 1. The van der Waals surface area contributed by atoms with E-state index < -0.39 is 0 Å². The zero-order valence-electron chi connectivity index (χ0n) is 9.19. The van der Waals surface area contributed by atoms with Crippen molar-refractivity contribution in [3.05, 3.63) is 24.4 Å². The van der Waals surface area contributed by atoms with Crippen LogP contribution in [0.3, 0.4) is 0 Å². The van der Waals surface area contributed by atoms with E-state index in [4.69, 9.17) is 5.73 Å². The summed E-state index contributed by atoms with van der Waals surface area (Å²) in [7, 11) is 0. The van der Waals surface area contributed by atoms with Crippen molar-refractivity contribution in [2.24, 2.45) is 0 Å². The molecule has 2 aromatic rings. The molecule has 1 saturated heterocycles. The molecule has 1 aliphatic heterocycles. The largest absolute Gasteiger partial charge is 0.399 e. The molecule has 1 aliphatic rings. The first-order valence-electron chi connectivity index (χ1n) is 5.78. The van der Waals surface area contributed by atoms with Crippen LogP contribution in [-0.4, -0.2) is 22.9 Å². The molecule has 3 N–H and O–H groups in total. The number of hydrogen-bond donors (Lipinski definition) is 2. The fourth-order valence-corrected chi connectivity index (χ4v) is 2.41. The number of hydrogen-bond acceptors (Lipinski definition) is 3. The van der Waals surface area contributed by atoms with Gasteiger partial charge >= 0.3 is 0 Å². The van der Waals surface area contributed by atoms with Gasteiger partial charge in [0, 0.05) is 11.1 Å². The molecule has 3 rings (SSSR count). The average molecular weight is 216 g/mol. The fraction of sp³-hybridized carbons (Fsp3) is 0.417. The molecule has 2 heterocycles. The highest BCUT2D eigenvalue weighted by Gasteiger charge is 2.17. The SMILES string of the molecule is Nc1ccc2c(cnn2C2CCNCC2)c1. The number of nitrogen functional groups attached to an aromatic ring is 1. The van der Waals surface area contributed by atoms with Crippen LogP contribution in [0.4, 0.5) is 5.69 Å². The second-order valence-corrected chi connectivity index (χ2v) is 4.39. The summed E-state index contributed by atoms with van der Waals surface area (Å²) in [5.41, 5.74) is 7.76. The molecular weight excluding hydrogens is 200 g/mol. The van der Waals surface area contributed by atoms with E-state index in [-0.39, 0.29) is 0 Å². The van der Waals surface area contributed by atoms with Crippen LogP contribution >= 0.6 is 0 Å². The first-order chi connectivity index (χ1) is 7.84. The van der Waals surface area contributed by atoms with E-state index in [0.717, 1.165) is 37.0 Å². The number of anilines is 1. The Kier molecular flexibility index (Phi) is 2.29. The number of benzene rings is 1. The van der Waals surface area contributed by atoms with Crippen molar-refractivity contribution in [2.45, 2.75) is 18.9 Å². The lowest BCUT2D eigenvalue weighted by atomic mass is 10.1. The molecule has 0 amide bonds. The molecule has 0 radical (unpaired) electrons. The predicted molar refractivity (Wildman–Crippen MR) is 65.3 cm³/mol. The molecule has 0 unspecified atom stereocenters. The molecule has 1 fully saturated rings. The van der Waals surface area contributed by atoms with Gasteiger partial charge in [-0.15, -0.1) is 0 Å². The summed E-state index contributed by atoms with van der Waals surface area (Å²) in [6.45, 7) is 2.17. The van der Waals surface area contributed by atoms with Crippen LogP contribution in [-0.2, 0) is 0 Å². The molecule has 0 bridgehead atoms. The Labute approximate surface area is 94.4 Å². The minimum atomic E-state index is 0.530. The van der Waals surface area contributed by atoms with E-state index >= 15 is 0 Å². The first-order valence-corrected chi connectivity index (χ1v) is 5.78. The summed E-state index contributed by atoms with van der Waals surface area (Å²) < 4.78 is 2.15. The molecule has 4 nitrogen and oxygen atoms in total. The van der Waals surface area contributed by atoms with Gasteiger partial charge in [-0.25, -0.2) is 0 Å². The summed E-state index contributed by atoms with van der Waals surface area (Å²) in [5, 5.41) is 9.00. The highest BCUT2D eigenvalue weighted by atomic mass is 15.3. The van der Waals surface area contributed by atoms with Gasteiger partial charge in [0.25, 0.3) is 0 Å². The second-order valence-electron chi connectivity index (χ2n) is 4.39. The van der Waals surface area contributed by atoms with Crippen molar-refractivity contribution < 1.29 is 0 Å². The minimum Gasteiger partial charge on any atom is -0.399 e. The maximum Gasteiger partial charge on any atom is 0.0687 e. The number of nitrogens with zero attached hydrogens (tertiary/aromatic N) is 2. The minimum absolute atomic E-state index is 0.530. The van der Waals surface area contributed by atoms with Gasteiger partial charge in [0.1, 0.15) is 0 Å². The van der Waals surface area contributed by atoms with E-state index in [2.05, 4.69) is 21.2 Å². The topological polar surface area (TPSA) is 55.9 Å². The Hall–Kier alpha value is -1.55. The monoisotopic (exact) mass is 216 g/mol. The lowest BCUT2D eigenvalue weighted by molar-refractivity contribution is 0.351. The Morgan fingerprint density at radius 2 is 2.12 bits per heavy atom. The molecule has 0 saturated carbocycles. The molecule has 0 spiro atoms. The second kappa shape index (κ2) is 3.79. The van der Waals surface area contributed by atoms with Gasteiger partial charge in [-0.05, 0) is 44.1 Å². The fourth-order valence-electron chi connectivity index (χ4n) is 2.41. The quantitative estimate of drug-likeness (QED) is 0.711. The number of rotatable bonds is 1. The highest BCUT2D eigenvalue weighted by molar-refractivity contribution is 5.82. The first kappa shape index (κ1) is 9.66. The zero-order chi connectivity index (χ0) is 11.0. The Balaban J connectivity index is 2.03. The van der Waals surface area contributed by atoms with Crippen LogP contribution < -0.4 is 11.1 Å². The summed E-state index contributed by atoms with van der Waals surface area (Å²) in [4.78, 5) is 0. The van der Waals surface area contributed by atoms with Crippen LogP contribution in [0.2, 0.25) is 0 Å². The number of piperidine rings is 1. The van der Waals surface area contributed by atoms with E-state index in [1.807, 2.05) is 18.3 Å². The smallest absolute Gasteiger partial charge is 0.0687 e. The molecule has 1 aromatic heterocycles. The molecule has 16 heavy (non-hydrogen) atoms. The van der Waals surface area contributed by atoms with Crippen molar-refractivity contribution in [3.63, 3.8) is 0 Å². The third kappa shape index (κ3) is 1.55. The third-order valence-electron chi connectivity index (χ3n) is 3.27. The molecule has 0 aliphatic carbocycles. The normalized spacial score (nSPS) is 18.0. The van der Waals surface area contributed by atoms with Gasteiger partial charge in [0.2, 0.25) is 0 Å². The predicted octanol–water partition coefficient (Wildman–Crippen LogP) is 1.54. The number of aromatic nitrogens is 2. The third-order valence-corrected chi connectivity index (χ3v) is 3.27. The summed E-state index contributed by atoms with van der Waals surface area (Å²) >= 11 is 0. The molecular formula is C12H16N4. The summed E-state index contributed by atoms with van der Waals surface area (Å²) in [6, 6.07) is 6.53. The van der Waals surface area contributed by atoms with Gasteiger partial charge < -0.3 is 11.1 Å². The number of fused-ring (bicyclic) bond motifs is 1. The standard InChI is InChI=1S/C12H16N4/c13-10-1-2-12-9(7-10)8-15-16(12)11-3-5-14-6-4-11/h1-2,7-8,11,14H,3-6,13H2. The van der Waals surface area contributed by atoms with Crippen molar-refractivity contribution >= 4 is 16.6 Å². The molecule has 1 aromatic carbocycles. The Morgan fingerprint density at radius 3 is 2.94 bits per heavy atom. The zero-order valence-corrected chi connectivity index (χ0v) is 9.19. The summed E-state index contributed by atoms with van der Waals surface area (Å²) in [5.74, 6) is 0. The van der Waals surface area contributed by atoms with Crippen LogP contribution in [0.1, 0.15) is 18.9 Å². The van der Waals surface area contributed by atoms with Crippen LogP contribution in [0.25, 0.3) is 10.9 Å². The van der Waals surface area contributed by atoms with Crippen molar-refractivity contribution in [3.8, 4) is 0 Å². The van der Waals surface area contributed by atoms with E-state index in [9.17, 15) is 0 Å². The van der Waals surface area contributed by atoms with Gasteiger partial charge in [0.15, 0.2) is 0 Å².